The molecule has 1 aliphatic rings. The average Bonchev–Trinajstić information content (AvgIpc) is 2.93. The topological polar surface area (TPSA) is 45.2 Å². The van der Waals surface area contributed by atoms with E-state index in [2.05, 4.69) is 29.0 Å². The lowest BCUT2D eigenvalue weighted by Crippen LogP contribution is -2.33. The summed E-state index contributed by atoms with van der Waals surface area (Å²) in [5.74, 6) is -0.176. The van der Waals surface area contributed by atoms with Gasteiger partial charge in [-0.05, 0) is 44.9 Å². The van der Waals surface area contributed by atoms with E-state index in [0.29, 0.717) is 18.5 Å². The Bertz CT molecular complexity index is 551. The molecule has 23 heavy (non-hydrogen) atoms. The third kappa shape index (κ3) is 5.39. The first-order valence-electron chi connectivity index (χ1n) is 7.49. The number of nitrogens with zero attached hydrogens (tertiary/aromatic N) is 2. The normalized spacial score (nSPS) is 19.3. The third-order valence-corrected chi connectivity index (χ3v) is 4.58. The molecule has 0 spiro atoms. The fourth-order valence-electron chi connectivity index (χ4n) is 2.59. The van der Waals surface area contributed by atoms with E-state index in [1.807, 2.05) is 0 Å². The number of rotatable bonds is 5. The van der Waals surface area contributed by atoms with Gasteiger partial charge in [0.1, 0.15) is 5.03 Å². The maximum Gasteiger partial charge on any atom is 0.447 e. The first-order chi connectivity index (χ1) is 10.8. The number of likely N-dealkylation sites (tertiary alicyclic amines) is 1. The standard InChI is InChI=1S/C15H20F3N3OS/c1-10(2)21-7-5-11(9-21)8-20-13(22)12-4-3-6-19-14(12)23-15(16,17)18/h3-4,6,10-11H,5,7-9H2,1-2H3,(H,20,22)/t11-/m1/s1. The van der Waals surface area contributed by atoms with Crippen molar-refractivity contribution in [3.05, 3.63) is 23.9 Å². The van der Waals surface area contributed by atoms with Gasteiger partial charge < -0.3 is 10.2 Å². The molecule has 2 heterocycles. The lowest BCUT2D eigenvalue weighted by Gasteiger charge is -2.20. The number of hydrogen-bond donors (Lipinski definition) is 1. The van der Waals surface area contributed by atoms with Crippen LogP contribution in [0.1, 0.15) is 30.6 Å². The predicted octanol–water partition coefficient (Wildman–Crippen LogP) is 3.15. The molecule has 1 aliphatic heterocycles. The van der Waals surface area contributed by atoms with E-state index in [9.17, 15) is 18.0 Å². The van der Waals surface area contributed by atoms with E-state index in [4.69, 9.17) is 0 Å². The Hall–Kier alpha value is -1.28. The molecule has 1 N–H and O–H groups in total. The summed E-state index contributed by atoms with van der Waals surface area (Å²) in [7, 11) is 0. The smallest absolute Gasteiger partial charge is 0.352 e. The van der Waals surface area contributed by atoms with Gasteiger partial charge in [0.15, 0.2) is 0 Å². The lowest BCUT2D eigenvalue weighted by atomic mass is 10.1. The molecule has 1 amide bonds. The van der Waals surface area contributed by atoms with Crippen molar-refractivity contribution in [1.82, 2.24) is 15.2 Å². The number of nitrogens with one attached hydrogen (secondary N) is 1. The van der Waals surface area contributed by atoms with Gasteiger partial charge in [-0.2, -0.15) is 13.2 Å². The van der Waals surface area contributed by atoms with Crippen molar-refractivity contribution in [3.8, 4) is 0 Å². The van der Waals surface area contributed by atoms with Crippen LogP contribution >= 0.6 is 11.8 Å². The van der Waals surface area contributed by atoms with Crippen LogP contribution in [0.25, 0.3) is 0 Å². The number of alkyl halides is 3. The number of carbonyl (C=O) groups is 1. The van der Waals surface area contributed by atoms with Crippen molar-refractivity contribution in [2.45, 2.75) is 36.8 Å². The van der Waals surface area contributed by atoms with Gasteiger partial charge in [-0.1, -0.05) is 0 Å². The highest BCUT2D eigenvalue weighted by molar-refractivity contribution is 8.00. The largest absolute Gasteiger partial charge is 0.447 e. The van der Waals surface area contributed by atoms with Crippen molar-refractivity contribution in [3.63, 3.8) is 0 Å². The van der Waals surface area contributed by atoms with Crippen molar-refractivity contribution >= 4 is 17.7 Å². The van der Waals surface area contributed by atoms with E-state index in [1.165, 1.54) is 18.3 Å². The molecule has 0 unspecified atom stereocenters. The molecule has 8 heteroatoms. The van der Waals surface area contributed by atoms with Crippen molar-refractivity contribution in [2.24, 2.45) is 5.92 Å². The van der Waals surface area contributed by atoms with Crippen LogP contribution in [0.15, 0.2) is 23.4 Å². The maximum atomic E-state index is 12.5. The Kier molecular flexibility index (Phi) is 5.91. The maximum absolute atomic E-state index is 12.5. The van der Waals surface area contributed by atoms with E-state index in [0.717, 1.165) is 19.5 Å². The van der Waals surface area contributed by atoms with Gasteiger partial charge >= 0.3 is 5.51 Å². The molecule has 1 atom stereocenters. The van der Waals surface area contributed by atoms with Crippen molar-refractivity contribution < 1.29 is 18.0 Å². The van der Waals surface area contributed by atoms with E-state index >= 15 is 0 Å². The van der Waals surface area contributed by atoms with Gasteiger partial charge in [0.05, 0.1) is 5.56 Å². The summed E-state index contributed by atoms with van der Waals surface area (Å²) < 4.78 is 37.6. The Labute approximate surface area is 137 Å². The number of amides is 1. The molecule has 1 fully saturated rings. The summed E-state index contributed by atoms with van der Waals surface area (Å²) in [5, 5.41) is 2.43. The highest BCUT2D eigenvalue weighted by atomic mass is 32.2. The summed E-state index contributed by atoms with van der Waals surface area (Å²) >= 11 is -0.362. The van der Waals surface area contributed by atoms with Crippen LogP contribution in [0, 0.1) is 5.92 Å². The second-order valence-electron chi connectivity index (χ2n) is 5.86. The molecule has 0 bridgehead atoms. The molecular weight excluding hydrogens is 327 g/mol. The monoisotopic (exact) mass is 347 g/mol. The molecule has 0 radical (unpaired) electrons. The van der Waals surface area contributed by atoms with Crippen LogP contribution in [0.4, 0.5) is 13.2 Å². The number of halogens is 3. The van der Waals surface area contributed by atoms with Gasteiger partial charge in [0.2, 0.25) is 0 Å². The predicted molar refractivity (Wildman–Crippen MR) is 83.3 cm³/mol. The zero-order valence-electron chi connectivity index (χ0n) is 13.1. The minimum Gasteiger partial charge on any atom is -0.352 e. The minimum absolute atomic E-state index is 0.0338. The minimum atomic E-state index is -4.47. The van der Waals surface area contributed by atoms with Gasteiger partial charge in [-0.3, -0.25) is 4.79 Å². The van der Waals surface area contributed by atoms with Crippen LogP contribution in [0.5, 0.6) is 0 Å². The molecule has 4 nitrogen and oxygen atoms in total. The van der Waals surface area contributed by atoms with Crippen LogP contribution in [-0.2, 0) is 0 Å². The number of pyridine rings is 1. The molecule has 1 saturated heterocycles. The van der Waals surface area contributed by atoms with Gasteiger partial charge in [0.25, 0.3) is 5.91 Å². The number of carbonyl (C=O) groups excluding carboxylic acids is 1. The average molecular weight is 347 g/mol. The molecule has 0 aliphatic carbocycles. The van der Waals surface area contributed by atoms with Crippen LogP contribution in [-0.4, -0.2) is 47.0 Å². The summed E-state index contributed by atoms with van der Waals surface area (Å²) in [6.07, 6.45) is 2.23. The summed E-state index contributed by atoms with van der Waals surface area (Å²) in [6, 6.07) is 3.29. The van der Waals surface area contributed by atoms with Crippen molar-refractivity contribution in [2.75, 3.05) is 19.6 Å². The lowest BCUT2D eigenvalue weighted by molar-refractivity contribution is -0.0329. The first kappa shape index (κ1) is 18.1. The fraction of sp³-hybridized carbons (Fsp3) is 0.600. The molecule has 0 saturated carbocycles. The Morgan fingerprint density at radius 1 is 1.52 bits per heavy atom. The van der Waals surface area contributed by atoms with E-state index < -0.39 is 11.4 Å². The second kappa shape index (κ2) is 7.53. The highest BCUT2D eigenvalue weighted by Crippen LogP contribution is 2.37. The Morgan fingerprint density at radius 2 is 2.26 bits per heavy atom. The third-order valence-electron chi connectivity index (χ3n) is 3.83. The summed E-state index contributed by atoms with van der Waals surface area (Å²) in [4.78, 5) is 18.2. The molecule has 1 aromatic rings. The number of hydrogen-bond acceptors (Lipinski definition) is 4. The molecule has 1 aromatic heterocycles. The molecule has 2 rings (SSSR count). The molecular formula is C15H20F3N3OS. The van der Waals surface area contributed by atoms with Crippen LogP contribution in [0.2, 0.25) is 0 Å². The van der Waals surface area contributed by atoms with Crippen LogP contribution < -0.4 is 5.32 Å². The zero-order chi connectivity index (χ0) is 17.0. The van der Waals surface area contributed by atoms with Gasteiger partial charge in [0, 0.05) is 37.1 Å². The SMILES string of the molecule is CC(C)N1CC[C@H](CNC(=O)c2cccnc2SC(F)(F)F)C1. The van der Waals surface area contributed by atoms with Gasteiger partial charge in [-0.15, -0.1) is 0 Å². The molecule has 128 valence electrons. The molecule has 0 aromatic carbocycles. The summed E-state index contributed by atoms with van der Waals surface area (Å²) in [6.45, 7) is 6.59. The Morgan fingerprint density at radius 3 is 2.87 bits per heavy atom. The van der Waals surface area contributed by atoms with Crippen LogP contribution in [0.3, 0.4) is 0 Å². The Balaban J connectivity index is 1.94. The van der Waals surface area contributed by atoms with E-state index in [-0.39, 0.29) is 22.4 Å². The number of thioether (sulfide) groups is 1. The van der Waals surface area contributed by atoms with Gasteiger partial charge in [-0.25, -0.2) is 4.98 Å². The van der Waals surface area contributed by atoms with Crippen molar-refractivity contribution in [1.29, 1.82) is 0 Å². The summed E-state index contributed by atoms with van der Waals surface area (Å²) in [5.41, 5.74) is -4.50. The van der Waals surface area contributed by atoms with E-state index in [1.54, 1.807) is 0 Å². The first-order valence-corrected chi connectivity index (χ1v) is 8.31. The zero-order valence-corrected chi connectivity index (χ0v) is 13.9. The fourth-order valence-corrected chi connectivity index (χ4v) is 3.19. The number of aromatic nitrogens is 1. The second-order valence-corrected chi connectivity index (χ2v) is 6.91. The quantitative estimate of drug-likeness (QED) is 0.831. The highest BCUT2D eigenvalue weighted by Gasteiger charge is 2.32.